The Morgan fingerprint density at radius 2 is 1.67 bits per heavy atom. The predicted octanol–water partition coefficient (Wildman–Crippen LogP) is 1.96. The Bertz CT molecular complexity index is 817. The standard InChI is InChI=1S/C14H9N3O/c15-17-11-7-3-6-10-12(11)13(16-17)8-4-1-2-5-9(8)14(10)18/h1-7H,15H2. The SMILES string of the molecule is Nn1nc2c3c(cccc31)C(=O)c1ccccc1-2. The zero-order valence-electron chi connectivity index (χ0n) is 9.42. The molecule has 0 amide bonds. The molecule has 4 rings (SSSR count). The van der Waals surface area contributed by atoms with Crippen LogP contribution < -0.4 is 5.84 Å². The Morgan fingerprint density at radius 3 is 2.50 bits per heavy atom. The van der Waals surface area contributed by atoms with Crippen LogP contribution in [0.4, 0.5) is 0 Å². The summed E-state index contributed by atoms with van der Waals surface area (Å²) in [6.45, 7) is 0. The van der Waals surface area contributed by atoms with E-state index in [1.165, 1.54) is 4.79 Å². The van der Waals surface area contributed by atoms with Crippen LogP contribution in [-0.4, -0.2) is 15.7 Å². The molecule has 1 aromatic heterocycles. The minimum atomic E-state index is 0.0386. The number of rotatable bonds is 0. The summed E-state index contributed by atoms with van der Waals surface area (Å²) in [7, 11) is 0. The van der Waals surface area contributed by atoms with Crippen molar-refractivity contribution >= 4 is 16.7 Å². The zero-order chi connectivity index (χ0) is 12.3. The summed E-state index contributed by atoms with van der Waals surface area (Å²) in [5.41, 5.74) is 3.80. The second-order valence-electron chi connectivity index (χ2n) is 4.37. The maximum Gasteiger partial charge on any atom is 0.194 e. The largest absolute Gasteiger partial charge is 0.323 e. The number of nitrogen functional groups attached to an aromatic ring is 1. The highest BCUT2D eigenvalue weighted by atomic mass is 16.1. The van der Waals surface area contributed by atoms with Crippen LogP contribution in [0, 0.1) is 0 Å². The van der Waals surface area contributed by atoms with Crippen molar-refractivity contribution in [2.24, 2.45) is 0 Å². The van der Waals surface area contributed by atoms with Crippen LogP contribution in [0.5, 0.6) is 0 Å². The van der Waals surface area contributed by atoms with E-state index in [-0.39, 0.29) is 5.78 Å². The fourth-order valence-corrected chi connectivity index (χ4v) is 2.60. The molecule has 0 aliphatic heterocycles. The average molecular weight is 235 g/mol. The van der Waals surface area contributed by atoms with Gasteiger partial charge in [0.05, 0.1) is 5.52 Å². The fourth-order valence-electron chi connectivity index (χ4n) is 2.60. The van der Waals surface area contributed by atoms with E-state index in [1.807, 2.05) is 42.5 Å². The van der Waals surface area contributed by atoms with E-state index in [9.17, 15) is 4.79 Å². The zero-order valence-corrected chi connectivity index (χ0v) is 9.42. The number of carbonyl (C=O) groups is 1. The van der Waals surface area contributed by atoms with Gasteiger partial charge in [-0.1, -0.05) is 36.4 Å². The molecule has 18 heavy (non-hydrogen) atoms. The van der Waals surface area contributed by atoms with Crippen molar-refractivity contribution in [2.45, 2.75) is 0 Å². The normalized spacial score (nSPS) is 12.8. The first kappa shape index (κ1) is 9.41. The second-order valence-corrected chi connectivity index (χ2v) is 4.37. The van der Waals surface area contributed by atoms with Crippen molar-refractivity contribution in [1.29, 1.82) is 0 Å². The molecule has 0 spiro atoms. The van der Waals surface area contributed by atoms with E-state index >= 15 is 0 Å². The predicted molar refractivity (Wildman–Crippen MR) is 68.8 cm³/mol. The van der Waals surface area contributed by atoms with Gasteiger partial charge in [0.15, 0.2) is 5.78 Å². The number of nitrogens with two attached hydrogens (primary N) is 1. The highest BCUT2D eigenvalue weighted by molar-refractivity contribution is 6.24. The molecule has 1 heterocycles. The number of hydrogen-bond donors (Lipinski definition) is 1. The van der Waals surface area contributed by atoms with Crippen LogP contribution in [0.2, 0.25) is 0 Å². The number of hydrogen-bond acceptors (Lipinski definition) is 3. The van der Waals surface area contributed by atoms with Crippen molar-refractivity contribution in [3.63, 3.8) is 0 Å². The van der Waals surface area contributed by atoms with Gasteiger partial charge in [0, 0.05) is 22.1 Å². The average Bonchev–Trinajstić information content (AvgIpc) is 2.75. The second kappa shape index (κ2) is 2.98. The maximum atomic E-state index is 12.4. The number of ketones is 1. The van der Waals surface area contributed by atoms with Gasteiger partial charge in [-0.05, 0) is 6.07 Å². The fraction of sp³-hybridized carbons (Fsp3) is 0. The monoisotopic (exact) mass is 235 g/mol. The van der Waals surface area contributed by atoms with E-state index < -0.39 is 0 Å². The molecule has 0 saturated carbocycles. The van der Waals surface area contributed by atoms with Crippen LogP contribution in [-0.2, 0) is 0 Å². The van der Waals surface area contributed by atoms with Crippen molar-refractivity contribution in [3.05, 3.63) is 53.6 Å². The molecule has 4 heteroatoms. The Morgan fingerprint density at radius 1 is 0.944 bits per heavy atom. The van der Waals surface area contributed by atoms with Crippen molar-refractivity contribution in [3.8, 4) is 11.3 Å². The van der Waals surface area contributed by atoms with Gasteiger partial charge in [0.25, 0.3) is 0 Å². The topological polar surface area (TPSA) is 60.9 Å². The third kappa shape index (κ3) is 0.953. The van der Waals surface area contributed by atoms with Gasteiger partial charge in [-0.25, -0.2) is 0 Å². The first-order valence-electron chi connectivity index (χ1n) is 5.68. The van der Waals surface area contributed by atoms with Gasteiger partial charge in [-0.3, -0.25) is 4.79 Å². The molecule has 0 radical (unpaired) electrons. The van der Waals surface area contributed by atoms with Crippen LogP contribution in [0.3, 0.4) is 0 Å². The first-order chi connectivity index (χ1) is 8.77. The Hall–Kier alpha value is -2.62. The Labute approximate surface area is 103 Å². The quantitative estimate of drug-likeness (QED) is 0.474. The van der Waals surface area contributed by atoms with Gasteiger partial charge >= 0.3 is 0 Å². The molecule has 0 atom stereocenters. The smallest absolute Gasteiger partial charge is 0.194 e. The van der Waals surface area contributed by atoms with Crippen LogP contribution in [0.25, 0.3) is 22.2 Å². The molecule has 3 aromatic rings. The summed E-state index contributed by atoms with van der Waals surface area (Å²) >= 11 is 0. The van der Waals surface area contributed by atoms with E-state index in [0.717, 1.165) is 22.2 Å². The molecule has 2 N–H and O–H groups in total. The molecule has 0 unspecified atom stereocenters. The summed E-state index contributed by atoms with van der Waals surface area (Å²) in [6, 6.07) is 13.0. The van der Waals surface area contributed by atoms with E-state index in [2.05, 4.69) is 5.10 Å². The number of nitrogens with zero attached hydrogens (tertiary/aromatic N) is 2. The summed E-state index contributed by atoms with van der Waals surface area (Å²) in [5.74, 6) is 5.88. The van der Waals surface area contributed by atoms with Gasteiger partial charge < -0.3 is 5.84 Å². The summed E-state index contributed by atoms with van der Waals surface area (Å²) in [4.78, 5) is 13.8. The maximum absolute atomic E-state index is 12.4. The van der Waals surface area contributed by atoms with Crippen LogP contribution >= 0.6 is 0 Å². The van der Waals surface area contributed by atoms with Crippen molar-refractivity contribution < 1.29 is 4.79 Å². The lowest BCUT2D eigenvalue weighted by atomic mass is 9.87. The molecule has 1 aliphatic rings. The minimum absolute atomic E-state index is 0.0386. The minimum Gasteiger partial charge on any atom is -0.323 e. The van der Waals surface area contributed by atoms with Gasteiger partial charge in [0.1, 0.15) is 5.69 Å². The third-order valence-corrected chi connectivity index (χ3v) is 3.41. The third-order valence-electron chi connectivity index (χ3n) is 3.41. The van der Waals surface area contributed by atoms with E-state index in [0.29, 0.717) is 11.1 Å². The molecule has 0 saturated heterocycles. The summed E-state index contributed by atoms with van der Waals surface area (Å²) < 4.78 is 0. The molecule has 4 nitrogen and oxygen atoms in total. The molecule has 0 fully saturated rings. The molecule has 86 valence electrons. The van der Waals surface area contributed by atoms with Crippen LogP contribution in [0.1, 0.15) is 15.9 Å². The lowest BCUT2D eigenvalue weighted by molar-refractivity contribution is 0.104. The molecular weight excluding hydrogens is 226 g/mol. The highest BCUT2D eigenvalue weighted by Crippen LogP contribution is 2.37. The molecule has 0 bridgehead atoms. The number of aromatic nitrogens is 2. The van der Waals surface area contributed by atoms with E-state index in [1.54, 1.807) is 0 Å². The summed E-state index contributed by atoms with van der Waals surface area (Å²) in [5, 5.41) is 5.19. The van der Waals surface area contributed by atoms with Crippen LogP contribution in [0.15, 0.2) is 42.5 Å². The molecular formula is C14H9N3O. The first-order valence-corrected chi connectivity index (χ1v) is 5.68. The van der Waals surface area contributed by atoms with Crippen molar-refractivity contribution in [2.75, 3.05) is 5.84 Å². The molecule has 1 aliphatic carbocycles. The highest BCUT2D eigenvalue weighted by Gasteiger charge is 2.27. The van der Waals surface area contributed by atoms with Gasteiger partial charge in [0.2, 0.25) is 0 Å². The van der Waals surface area contributed by atoms with Gasteiger partial charge in [-0.15, -0.1) is 0 Å². The Balaban J connectivity index is 2.28. The number of carbonyl (C=O) groups excluding carboxylic acids is 1. The van der Waals surface area contributed by atoms with Crippen molar-refractivity contribution in [1.82, 2.24) is 9.89 Å². The molecule has 2 aromatic carbocycles. The number of fused-ring (bicyclic) bond motifs is 2. The van der Waals surface area contributed by atoms with E-state index in [4.69, 9.17) is 5.84 Å². The van der Waals surface area contributed by atoms with Gasteiger partial charge in [-0.2, -0.15) is 9.89 Å². The Kier molecular flexibility index (Phi) is 1.56. The number of benzene rings is 2. The lowest BCUT2D eigenvalue weighted by Gasteiger charge is -2.13. The summed E-state index contributed by atoms with van der Waals surface area (Å²) in [6.07, 6.45) is 0. The lowest BCUT2D eigenvalue weighted by Crippen LogP contribution is -2.09.